The van der Waals surface area contributed by atoms with Crippen LogP contribution in [-0.4, -0.2) is 30.2 Å². The van der Waals surface area contributed by atoms with Gasteiger partial charge in [-0.1, -0.05) is 12.1 Å². The fourth-order valence-corrected chi connectivity index (χ4v) is 1.94. The molecule has 0 radical (unpaired) electrons. The Morgan fingerprint density at radius 1 is 1.44 bits per heavy atom. The molecule has 1 aliphatic heterocycles. The number of nitrogens with zero attached hydrogens (tertiary/aromatic N) is 1. The van der Waals surface area contributed by atoms with Crippen LogP contribution >= 0.6 is 0 Å². The van der Waals surface area contributed by atoms with Crippen LogP contribution in [0.2, 0.25) is 0 Å². The number of hydrogen-bond donors (Lipinski definition) is 2. The van der Waals surface area contributed by atoms with Crippen LogP contribution in [0.3, 0.4) is 0 Å². The highest BCUT2D eigenvalue weighted by atomic mass is 16.3. The standard InChI is InChI=1S/C12H16N2O2/c1-9-12(16)14(7-4-8-15)11-6-3-2-5-10(11)13-9/h2-3,5-6,9,13,15H,4,7-8H2,1H3. The zero-order chi connectivity index (χ0) is 11.5. The highest BCUT2D eigenvalue weighted by Crippen LogP contribution is 2.30. The first kappa shape index (κ1) is 11.0. The molecule has 0 aliphatic carbocycles. The third-order valence-electron chi connectivity index (χ3n) is 2.74. The number of carbonyl (C=O) groups excluding carboxylic acids is 1. The number of aliphatic hydroxyl groups excluding tert-OH is 1. The number of aliphatic hydroxyl groups is 1. The van der Waals surface area contributed by atoms with E-state index in [-0.39, 0.29) is 18.6 Å². The van der Waals surface area contributed by atoms with Gasteiger partial charge in [0.05, 0.1) is 11.4 Å². The van der Waals surface area contributed by atoms with Gasteiger partial charge in [-0.3, -0.25) is 4.79 Å². The van der Waals surface area contributed by atoms with E-state index in [1.54, 1.807) is 4.90 Å². The zero-order valence-corrected chi connectivity index (χ0v) is 9.31. The smallest absolute Gasteiger partial charge is 0.249 e. The number of amides is 1. The van der Waals surface area contributed by atoms with Crippen LogP contribution in [0.15, 0.2) is 24.3 Å². The van der Waals surface area contributed by atoms with Crippen molar-refractivity contribution in [3.8, 4) is 0 Å². The summed E-state index contributed by atoms with van der Waals surface area (Å²) < 4.78 is 0. The first-order chi connectivity index (χ1) is 7.74. The van der Waals surface area contributed by atoms with E-state index >= 15 is 0 Å². The molecule has 0 bridgehead atoms. The van der Waals surface area contributed by atoms with Gasteiger partial charge >= 0.3 is 0 Å². The molecule has 0 fully saturated rings. The Balaban J connectivity index is 2.30. The molecule has 2 N–H and O–H groups in total. The highest BCUT2D eigenvalue weighted by molar-refractivity contribution is 6.04. The minimum atomic E-state index is -0.200. The molecule has 4 heteroatoms. The summed E-state index contributed by atoms with van der Waals surface area (Å²) >= 11 is 0. The topological polar surface area (TPSA) is 52.6 Å². The Morgan fingerprint density at radius 3 is 2.94 bits per heavy atom. The number of carbonyl (C=O) groups is 1. The molecule has 1 aliphatic rings. The van der Waals surface area contributed by atoms with Gasteiger partial charge in [0.25, 0.3) is 0 Å². The van der Waals surface area contributed by atoms with Crippen molar-refractivity contribution >= 4 is 17.3 Å². The molecule has 1 heterocycles. The molecule has 0 aromatic heterocycles. The van der Waals surface area contributed by atoms with Gasteiger partial charge in [-0.2, -0.15) is 0 Å². The largest absolute Gasteiger partial charge is 0.396 e. The molecule has 0 saturated heterocycles. The van der Waals surface area contributed by atoms with Crippen molar-refractivity contribution in [3.63, 3.8) is 0 Å². The van der Waals surface area contributed by atoms with Crippen LogP contribution in [0.25, 0.3) is 0 Å². The lowest BCUT2D eigenvalue weighted by Gasteiger charge is -2.33. The maximum absolute atomic E-state index is 12.0. The number of rotatable bonds is 3. The Hall–Kier alpha value is -1.55. The summed E-state index contributed by atoms with van der Waals surface area (Å²) in [5.74, 6) is 0.0622. The summed E-state index contributed by atoms with van der Waals surface area (Å²) in [6.45, 7) is 2.52. The lowest BCUT2D eigenvalue weighted by atomic mass is 10.1. The van der Waals surface area contributed by atoms with Gasteiger partial charge < -0.3 is 15.3 Å². The van der Waals surface area contributed by atoms with Crippen LogP contribution in [0, 0.1) is 0 Å². The number of nitrogens with one attached hydrogen (secondary N) is 1. The molecular weight excluding hydrogens is 204 g/mol. The van der Waals surface area contributed by atoms with Gasteiger partial charge in [-0.15, -0.1) is 0 Å². The molecule has 0 spiro atoms. The zero-order valence-electron chi connectivity index (χ0n) is 9.31. The second kappa shape index (κ2) is 4.53. The number of fused-ring (bicyclic) bond motifs is 1. The lowest BCUT2D eigenvalue weighted by Crippen LogP contribution is -2.46. The Morgan fingerprint density at radius 2 is 2.19 bits per heavy atom. The van der Waals surface area contributed by atoms with Crippen molar-refractivity contribution in [3.05, 3.63) is 24.3 Å². The van der Waals surface area contributed by atoms with E-state index in [9.17, 15) is 4.79 Å². The van der Waals surface area contributed by atoms with Gasteiger partial charge in [0.2, 0.25) is 5.91 Å². The van der Waals surface area contributed by atoms with Crippen molar-refractivity contribution in [2.45, 2.75) is 19.4 Å². The molecule has 4 nitrogen and oxygen atoms in total. The first-order valence-electron chi connectivity index (χ1n) is 5.52. The van der Waals surface area contributed by atoms with Crippen LogP contribution in [-0.2, 0) is 4.79 Å². The van der Waals surface area contributed by atoms with Crippen LogP contribution in [0.1, 0.15) is 13.3 Å². The minimum absolute atomic E-state index is 0.0622. The first-order valence-corrected chi connectivity index (χ1v) is 5.52. The van der Waals surface area contributed by atoms with Gasteiger partial charge in [-0.25, -0.2) is 0 Å². The predicted octanol–water partition coefficient (Wildman–Crippen LogP) is 1.22. The predicted molar refractivity (Wildman–Crippen MR) is 63.6 cm³/mol. The van der Waals surface area contributed by atoms with Crippen molar-refractivity contribution in [2.75, 3.05) is 23.4 Å². The normalized spacial score (nSPS) is 19.2. The van der Waals surface area contributed by atoms with E-state index in [0.29, 0.717) is 13.0 Å². The molecule has 16 heavy (non-hydrogen) atoms. The quantitative estimate of drug-likeness (QED) is 0.805. The summed E-state index contributed by atoms with van der Waals surface area (Å²) in [7, 11) is 0. The van der Waals surface area contributed by atoms with E-state index in [1.807, 2.05) is 31.2 Å². The lowest BCUT2D eigenvalue weighted by molar-refractivity contribution is -0.119. The summed E-state index contributed by atoms with van der Waals surface area (Å²) in [5, 5.41) is 12.0. The molecule has 1 aromatic carbocycles. The van der Waals surface area contributed by atoms with Crippen molar-refractivity contribution in [2.24, 2.45) is 0 Å². The molecule has 2 rings (SSSR count). The van der Waals surface area contributed by atoms with Gasteiger partial charge in [-0.05, 0) is 25.5 Å². The van der Waals surface area contributed by atoms with E-state index in [0.717, 1.165) is 11.4 Å². The van der Waals surface area contributed by atoms with Crippen LogP contribution in [0.5, 0.6) is 0 Å². The van der Waals surface area contributed by atoms with Gasteiger partial charge in [0, 0.05) is 13.2 Å². The third-order valence-corrected chi connectivity index (χ3v) is 2.74. The van der Waals surface area contributed by atoms with E-state index in [2.05, 4.69) is 5.32 Å². The number of anilines is 2. The minimum Gasteiger partial charge on any atom is -0.396 e. The Kier molecular flexibility index (Phi) is 3.10. The molecule has 0 saturated carbocycles. The van der Waals surface area contributed by atoms with Crippen molar-refractivity contribution < 1.29 is 9.90 Å². The summed E-state index contributed by atoms with van der Waals surface area (Å²) in [6.07, 6.45) is 0.604. The molecule has 1 amide bonds. The maximum atomic E-state index is 12.0. The molecule has 1 unspecified atom stereocenters. The monoisotopic (exact) mass is 220 g/mol. The fraction of sp³-hybridized carbons (Fsp3) is 0.417. The fourth-order valence-electron chi connectivity index (χ4n) is 1.94. The average Bonchev–Trinajstić information content (AvgIpc) is 2.30. The van der Waals surface area contributed by atoms with Crippen LogP contribution < -0.4 is 10.2 Å². The highest BCUT2D eigenvalue weighted by Gasteiger charge is 2.28. The Labute approximate surface area is 94.9 Å². The number of benzene rings is 1. The average molecular weight is 220 g/mol. The number of hydrogen-bond acceptors (Lipinski definition) is 3. The van der Waals surface area contributed by atoms with Gasteiger partial charge in [0.1, 0.15) is 6.04 Å². The summed E-state index contributed by atoms with van der Waals surface area (Å²) in [4.78, 5) is 13.7. The second-order valence-electron chi connectivity index (χ2n) is 3.95. The second-order valence-corrected chi connectivity index (χ2v) is 3.95. The summed E-state index contributed by atoms with van der Waals surface area (Å²) in [5.41, 5.74) is 1.88. The van der Waals surface area contributed by atoms with Crippen LogP contribution in [0.4, 0.5) is 11.4 Å². The summed E-state index contributed by atoms with van der Waals surface area (Å²) in [6, 6.07) is 7.54. The third kappa shape index (κ3) is 1.88. The molecule has 1 atom stereocenters. The van der Waals surface area contributed by atoms with E-state index in [4.69, 9.17) is 5.11 Å². The number of para-hydroxylation sites is 2. The van der Waals surface area contributed by atoms with E-state index in [1.165, 1.54) is 0 Å². The van der Waals surface area contributed by atoms with Gasteiger partial charge in [0.15, 0.2) is 0 Å². The molecule has 1 aromatic rings. The molecule has 86 valence electrons. The molecular formula is C12H16N2O2. The van der Waals surface area contributed by atoms with Crippen molar-refractivity contribution in [1.29, 1.82) is 0 Å². The van der Waals surface area contributed by atoms with Crippen molar-refractivity contribution in [1.82, 2.24) is 0 Å². The SMILES string of the molecule is CC1Nc2ccccc2N(CCCO)C1=O. The maximum Gasteiger partial charge on any atom is 0.249 e. The Bertz CT molecular complexity index is 392. The van der Waals surface area contributed by atoms with E-state index < -0.39 is 0 Å².